The van der Waals surface area contributed by atoms with Gasteiger partial charge in [-0.3, -0.25) is 0 Å². The van der Waals surface area contributed by atoms with Crippen molar-refractivity contribution >= 4 is 0 Å². The average molecular weight is 153 g/mol. The van der Waals surface area contributed by atoms with Gasteiger partial charge in [-0.15, -0.1) is 0 Å². The van der Waals surface area contributed by atoms with E-state index in [0.29, 0.717) is 0 Å². The van der Waals surface area contributed by atoms with E-state index in [9.17, 15) is 0 Å². The quantitative estimate of drug-likeness (QED) is 0.562. The van der Waals surface area contributed by atoms with Crippen molar-refractivity contribution in [3.63, 3.8) is 0 Å². The highest BCUT2D eigenvalue weighted by Crippen LogP contribution is 2.31. The van der Waals surface area contributed by atoms with Crippen LogP contribution in [0.25, 0.3) is 0 Å². The molecule has 1 saturated carbocycles. The van der Waals surface area contributed by atoms with Crippen LogP contribution in [0.15, 0.2) is 0 Å². The smallest absolute Gasteiger partial charge is 0.00672 e. The largest absolute Gasteiger partial charge is 0.314 e. The fourth-order valence-corrected chi connectivity index (χ4v) is 2.62. The first-order valence-corrected chi connectivity index (χ1v) is 5.09. The molecule has 2 rings (SSSR count). The van der Waals surface area contributed by atoms with E-state index in [1.165, 1.54) is 38.6 Å². The average Bonchev–Trinajstić information content (AvgIpc) is 2.29. The fourth-order valence-electron chi connectivity index (χ4n) is 2.62. The van der Waals surface area contributed by atoms with Crippen LogP contribution in [-0.2, 0) is 0 Å². The summed E-state index contributed by atoms with van der Waals surface area (Å²) in [7, 11) is 0. The van der Waals surface area contributed by atoms with Gasteiger partial charge >= 0.3 is 0 Å². The fraction of sp³-hybridized carbons (Fsp3) is 1.00. The number of nitrogens with one attached hydrogen (secondary N) is 1. The van der Waals surface area contributed by atoms with Gasteiger partial charge in [0, 0.05) is 6.04 Å². The van der Waals surface area contributed by atoms with Gasteiger partial charge in [0.05, 0.1) is 0 Å². The van der Waals surface area contributed by atoms with Crippen molar-refractivity contribution in [2.75, 3.05) is 6.54 Å². The molecule has 0 spiro atoms. The Morgan fingerprint density at radius 3 is 2.91 bits per heavy atom. The van der Waals surface area contributed by atoms with Gasteiger partial charge in [-0.1, -0.05) is 19.8 Å². The number of hydrogen-bond donors (Lipinski definition) is 1. The molecule has 1 aliphatic heterocycles. The van der Waals surface area contributed by atoms with Crippen molar-refractivity contribution < 1.29 is 0 Å². The minimum absolute atomic E-state index is 0.866. The molecule has 1 saturated heterocycles. The lowest BCUT2D eigenvalue weighted by molar-refractivity contribution is 0.313. The molecule has 2 fully saturated rings. The van der Waals surface area contributed by atoms with E-state index in [0.717, 1.165) is 17.9 Å². The maximum Gasteiger partial charge on any atom is 0.00672 e. The Morgan fingerprint density at radius 2 is 2.00 bits per heavy atom. The summed E-state index contributed by atoms with van der Waals surface area (Å²) in [6.07, 6.45) is 7.32. The third-order valence-corrected chi connectivity index (χ3v) is 3.55. The van der Waals surface area contributed by atoms with Gasteiger partial charge in [-0.2, -0.15) is 0 Å². The second-order valence-corrected chi connectivity index (χ2v) is 4.35. The van der Waals surface area contributed by atoms with Crippen molar-refractivity contribution in [2.24, 2.45) is 11.8 Å². The molecule has 0 aromatic rings. The topological polar surface area (TPSA) is 12.0 Å². The molecule has 64 valence electrons. The summed E-state index contributed by atoms with van der Waals surface area (Å²) in [5.74, 6) is 1.97. The summed E-state index contributed by atoms with van der Waals surface area (Å²) < 4.78 is 0. The second kappa shape index (κ2) is 3.14. The van der Waals surface area contributed by atoms with E-state index in [2.05, 4.69) is 12.2 Å². The lowest BCUT2D eigenvalue weighted by Crippen LogP contribution is -2.32. The van der Waals surface area contributed by atoms with Crippen LogP contribution in [0.3, 0.4) is 0 Å². The summed E-state index contributed by atoms with van der Waals surface area (Å²) in [5.41, 5.74) is 0. The van der Waals surface area contributed by atoms with E-state index in [1.807, 2.05) is 0 Å². The molecule has 1 aliphatic carbocycles. The molecule has 2 aliphatic rings. The number of fused-ring (bicyclic) bond motifs is 3. The summed E-state index contributed by atoms with van der Waals surface area (Å²) in [6.45, 7) is 3.68. The molecule has 3 atom stereocenters. The van der Waals surface area contributed by atoms with Crippen molar-refractivity contribution in [1.82, 2.24) is 5.32 Å². The van der Waals surface area contributed by atoms with Crippen LogP contribution in [0.1, 0.15) is 39.0 Å². The van der Waals surface area contributed by atoms with Gasteiger partial charge in [0.15, 0.2) is 0 Å². The van der Waals surface area contributed by atoms with Crippen molar-refractivity contribution in [3.8, 4) is 0 Å². The summed E-state index contributed by atoms with van der Waals surface area (Å²) in [5, 5.41) is 3.66. The third kappa shape index (κ3) is 1.58. The first-order chi connectivity index (χ1) is 5.36. The molecular weight excluding hydrogens is 134 g/mol. The van der Waals surface area contributed by atoms with Crippen molar-refractivity contribution in [1.29, 1.82) is 0 Å². The van der Waals surface area contributed by atoms with Gasteiger partial charge in [0.25, 0.3) is 0 Å². The molecule has 0 aromatic carbocycles. The lowest BCUT2D eigenvalue weighted by Gasteiger charge is -2.22. The van der Waals surface area contributed by atoms with Gasteiger partial charge < -0.3 is 5.32 Å². The Labute approximate surface area is 69.6 Å². The van der Waals surface area contributed by atoms with Crippen molar-refractivity contribution in [3.05, 3.63) is 0 Å². The Balaban J connectivity index is 2.05. The van der Waals surface area contributed by atoms with Gasteiger partial charge in [0.1, 0.15) is 0 Å². The molecule has 1 N–H and O–H groups in total. The van der Waals surface area contributed by atoms with E-state index >= 15 is 0 Å². The Bertz CT molecular complexity index is 129. The number of rotatable bonds is 0. The third-order valence-electron chi connectivity index (χ3n) is 3.55. The van der Waals surface area contributed by atoms with Crippen LogP contribution in [0.2, 0.25) is 0 Å². The predicted molar refractivity (Wildman–Crippen MR) is 47.5 cm³/mol. The molecule has 1 nitrogen and oxygen atoms in total. The highest BCUT2D eigenvalue weighted by molar-refractivity contribution is 4.82. The van der Waals surface area contributed by atoms with Gasteiger partial charge in [-0.05, 0) is 37.6 Å². The lowest BCUT2D eigenvalue weighted by atomic mass is 9.88. The molecule has 1 heterocycles. The molecular formula is C10H19N. The highest BCUT2D eigenvalue weighted by atomic mass is 14.9. The summed E-state index contributed by atoms with van der Waals surface area (Å²) in [6, 6.07) is 0.866. The zero-order valence-corrected chi connectivity index (χ0v) is 7.47. The SMILES string of the molecule is CC1CNC2CCCC1CC2. The van der Waals surface area contributed by atoms with Crippen molar-refractivity contribution in [2.45, 2.75) is 45.1 Å². The maximum absolute atomic E-state index is 3.66. The Hall–Kier alpha value is -0.0400. The second-order valence-electron chi connectivity index (χ2n) is 4.35. The molecule has 3 unspecified atom stereocenters. The maximum atomic E-state index is 3.66. The highest BCUT2D eigenvalue weighted by Gasteiger charge is 2.26. The van der Waals surface area contributed by atoms with Crippen LogP contribution in [0.4, 0.5) is 0 Å². The first-order valence-electron chi connectivity index (χ1n) is 5.09. The van der Waals surface area contributed by atoms with Crippen LogP contribution >= 0.6 is 0 Å². The molecule has 0 aromatic heterocycles. The minimum atomic E-state index is 0.866. The standard InChI is InChI=1S/C10H19N/c1-8-7-11-10-4-2-3-9(8)5-6-10/h8-11H,2-7H2,1H3. The minimum Gasteiger partial charge on any atom is -0.314 e. The first kappa shape index (κ1) is 7.60. The van der Waals surface area contributed by atoms with Gasteiger partial charge in [0.2, 0.25) is 0 Å². The molecule has 0 amide bonds. The Morgan fingerprint density at radius 1 is 1.09 bits per heavy atom. The Kier molecular flexibility index (Phi) is 2.17. The summed E-state index contributed by atoms with van der Waals surface area (Å²) >= 11 is 0. The molecule has 0 radical (unpaired) electrons. The van der Waals surface area contributed by atoms with E-state index in [4.69, 9.17) is 0 Å². The van der Waals surface area contributed by atoms with Gasteiger partial charge in [-0.25, -0.2) is 0 Å². The molecule has 1 heteroatoms. The van der Waals surface area contributed by atoms with Crippen LogP contribution < -0.4 is 5.32 Å². The van der Waals surface area contributed by atoms with Crippen LogP contribution in [0, 0.1) is 11.8 Å². The zero-order chi connectivity index (χ0) is 7.68. The van der Waals surface area contributed by atoms with E-state index < -0.39 is 0 Å². The molecule has 2 bridgehead atoms. The van der Waals surface area contributed by atoms with Crippen LogP contribution in [-0.4, -0.2) is 12.6 Å². The van der Waals surface area contributed by atoms with E-state index in [1.54, 1.807) is 0 Å². The van der Waals surface area contributed by atoms with Crippen LogP contribution in [0.5, 0.6) is 0 Å². The monoisotopic (exact) mass is 153 g/mol. The summed E-state index contributed by atoms with van der Waals surface area (Å²) in [4.78, 5) is 0. The predicted octanol–water partition coefficient (Wildman–Crippen LogP) is 2.17. The normalized spacial score (nSPS) is 45.0. The zero-order valence-electron chi connectivity index (χ0n) is 7.47. The van der Waals surface area contributed by atoms with E-state index in [-0.39, 0.29) is 0 Å². The molecule has 11 heavy (non-hydrogen) atoms. The number of hydrogen-bond acceptors (Lipinski definition) is 1.